The van der Waals surface area contributed by atoms with Crippen molar-refractivity contribution in [2.45, 2.75) is 5.38 Å². The number of benzene rings is 2. The second-order valence-electron chi connectivity index (χ2n) is 3.82. The molecule has 0 aliphatic carbocycles. The van der Waals surface area contributed by atoms with Crippen LogP contribution in [0.4, 0.5) is 13.2 Å². The van der Waals surface area contributed by atoms with Gasteiger partial charge in [0.25, 0.3) is 0 Å². The molecule has 1 atom stereocenters. The van der Waals surface area contributed by atoms with Crippen molar-refractivity contribution in [1.82, 2.24) is 0 Å². The molecule has 2 aromatic carbocycles. The Morgan fingerprint density at radius 1 is 0.895 bits per heavy atom. The van der Waals surface area contributed by atoms with Gasteiger partial charge in [-0.15, -0.1) is 11.6 Å². The number of halogens is 6. The van der Waals surface area contributed by atoms with Gasteiger partial charge in [0.2, 0.25) is 0 Å². The maximum atomic E-state index is 13.7. The zero-order valence-corrected chi connectivity index (χ0v) is 12.3. The van der Waals surface area contributed by atoms with Gasteiger partial charge in [-0.1, -0.05) is 27.5 Å². The van der Waals surface area contributed by atoms with Crippen LogP contribution in [0.1, 0.15) is 16.5 Å². The molecule has 19 heavy (non-hydrogen) atoms. The van der Waals surface area contributed by atoms with E-state index in [1.54, 1.807) is 12.1 Å². The molecular weight excluding hydrogens is 364 g/mol. The monoisotopic (exact) mass is 368 g/mol. The summed E-state index contributed by atoms with van der Waals surface area (Å²) in [7, 11) is 0. The standard InChI is InChI=1S/C13H6BrCl2F3/c14-9-2-1-6(15)3-7(9)13(16)8-4-11(18)12(19)5-10(8)17/h1-5,13H. The minimum Gasteiger partial charge on any atom is -0.207 e. The van der Waals surface area contributed by atoms with E-state index in [2.05, 4.69) is 15.9 Å². The summed E-state index contributed by atoms with van der Waals surface area (Å²) in [5, 5.41) is -0.574. The van der Waals surface area contributed by atoms with Gasteiger partial charge in [-0.3, -0.25) is 0 Å². The molecule has 2 rings (SSSR count). The van der Waals surface area contributed by atoms with Crippen LogP contribution < -0.4 is 0 Å². The van der Waals surface area contributed by atoms with Gasteiger partial charge < -0.3 is 0 Å². The first kappa shape index (κ1) is 14.7. The highest BCUT2D eigenvalue weighted by atomic mass is 79.9. The number of hydrogen-bond acceptors (Lipinski definition) is 0. The smallest absolute Gasteiger partial charge is 0.161 e. The predicted octanol–water partition coefficient (Wildman–Crippen LogP) is 5.85. The summed E-state index contributed by atoms with van der Waals surface area (Å²) in [6, 6.07) is 6.02. The molecule has 0 saturated carbocycles. The summed E-state index contributed by atoms with van der Waals surface area (Å²) < 4.78 is 40.3. The second kappa shape index (κ2) is 5.73. The summed E-state index contributed by atoms with van der Waals surface area (Å²) in [6.45, 7) is 0. The molecule has 1 unspecified atom stereocenters. The Morgan fingerprint density at radius 2 is 1.53 bits per heavy atom. The predicted molar refractivity (Wildman–Crippen MR) is 73.2 cm³/mol. The Hall–Kier alpha value is -0.710. The largest absolute Gasteiger partial charge is 0.207 e. The van der Waals surface area contributed by atoms with Crippen LogP contribution >= 0.6 is 39.1 Å². The highest BCUT2D eigenvalue weighted by molar-refractivity contribution is 9.10. The van der Waals surface area contributed by atoms with E-state index >= 15 is 0 Å². The molecule has 0 nitrogen and oxygen atoms in total. The molecule has 0 radical (unpaired) electrons. The Kier molecular flexibility index (Phi) is 4.43. The third-order valence-electron chi connectivity index (χ3n) is 2.54. The number of hydrogen-bond donors (Lipinski definition) is 0. The molecule has 0 spiro atoms. The van der Waals surface area contributed by atoms with Crippen molar-refractivity contribution in [3.63, 3.8) is 0 Å². The Balaban J connectivity index is 2.52. The van der Waals surface area contributed by atoms with E-state index in [0.717, 1.165) is 6.07 Å². The third kappa shape index (κ3) is 3.07. The first-order chi connectivity index (χ1) is 8.90. The molecule has 2 aromatic rings. The van der Waals surface area contributed by atoms with E-state index in [4.69, 9.17) is 23.2 Å². The van der Waals surface area contributed by atoms with Gasteiger partial charge >= 0.3 is 0 Å². The van der Waals surface area contributed by atoms with Gasteiger partial charge in [-0.05, 0) is 29.8 Å². The Morgan fingerprint density at radius 3 is 2.21 bits per heavy atom. The topological polar surface area (TPSA) is 0 Å². The van der Waals surface area contributed by atoms with Gasteiger partial charge in [0.15, 0.2) is 11.6 Å². The van der Waals surface area contributed by atoms with Crippen molar-refractivity contribution in [3.05, 3.63) is 68.4 Å². The van der Waals surface area contributed by atoms with Gasteiger partial charge in [-0.25, -0.2) is 13.2 Å². The van der Waals surface area contributed by atoms with E-state index in [-0.39, 0.29) is 5.56 Å². The second-order valence-corrected chi connectivity index (χ2v) is 5.54. The quantitative estimate of drug-likeness (QED) is 0.460. The summed E-state index contributed by atoms with van der Waals surface area (Å²) in [4.78, 5) is 0. The van der Waals surface area contributed by atoms with Crippen molar-refractivity contribution >= 4 is 39.1 Å². The zero-order chi connectivity index (χ0) is 14.2. The van der Waals surface area contributed by atoms with E-state index in [9.17, 15) is 13.2 Å². The van der Waals surface area contributed by atoms with Crippen LogP contribution in [0.25, 0.3) is 0 Å². The molecular formula is C13H6BrCl2F3. The summed E-state index contributed by atoms with van der Waals surface area (Å²) in [5.41, 5.74) is 0.322. The van der Waals surface area contributed by atoms with Crippen LogP contribution in [0.2, 0.25) is 5.02 Å². The maximum Gasteiger partial charge on any atom is 0.161 e. The first-order valence-electron chi connectivity index (χ1n) is 5.13. The third-order valence-corrected chi connectivity index (χ3v) is 3.97. The fourth-order valence-corrected chi connectivity index (χ4v) is 2.74. The normalized spacial score (nSPS) is 12.5. The molecule has 0 heterocycles. The van der Waals surface area contributed by atoms with Crippen molar-refractivity contribution < 1.29 is 13.2 Å². The number of rotatable bonds is 2. The molecule has 6 heteroatoms. The molecule has 0 amide bonds. The number of alkyl halides is 1. The van der Waals surface area contributed by atoms with Gasteiger partial charge in [-0.2, -0.15) is 0 Å². The van der Waals surface area contributed by atoms with Crippen LogP contribution in [0.3, 0.4) is 0 Å². The molecule has 0 N–H and O–H groups in total. The summed E-state index contributed by atoms with van der Waals surface area (Å²) in [6.07, 6.45) is 0. The lowest BCUT2D eigenvalue weighted by Gasteiger charge is -2.14. The maximum absolute atomic E-state index is 13.7. The van der Waals surface area contributed by atoms with Crippen molar-refractivity contribution in [1.29, 1.82) is 0 Å². The first-order valence-corrected chi connectivity index (χ1v) is 6.74. The molecule has 0 aromatic heterocycles. The van der Waals surface area contributed by atoms with Gasteiger partial charge in [0.05, 0.1) is 5.38 Å². The average Bonchev–Trinajstić information content (AvgIpc) is 2.36. The minimum atomic E-state index is -1.25. The van der Waals surface area contributed by atoms with Crippen molar-refractivity contribution in [2.75, 3.05) is 0 Å². The summed E-state index contributed by atoms with van der Waals surface area (Å²) >= 11 is 15.2. The van der Waals surface area contributed by atoms with Crippen LogP contribution in [-0.2, 0) is 0 Å². The van der Waals surface area contributed by atoms with Crippen LogP contribution in [0.15, 0.2) is 34.8 Å². The van der Waals surface area contributed by atoms with E-state index in [0.29, 0.717) is 21.1 Å². The molecule has 0 fully saturated rings. The average molecular weight is 370 g/mol. The fourth-order valence-electron chi connectivity index (χ4n) is 1.61. The van der Waals surface area contributed by atoms with Crippen LogP contribution in [0.5, 0.6) is 0 Å². The van der Waals surface area contributed by atoms with E-state index in [1.165, 1.54) is 6.07 Å². The van der Waals surface area contributed by atoms with Crippen LogP contribution in [0, 0.1) is 17.5 Å². The van der Waals surface area contributed by atoms with Crippen molar-refractivity contribution in [2.24, 2.45) is 0 Å². The van der Waals surface area contributed by atoms with Crippen LogP contribution in [-0.4, -0.2) is 0 Å². The van der Waals surface area contributed by atoms with Crippen molar-refractivity contribution in [3.8, 4) is 0 Å². The van der Waals surface area contributed by atoms with Gasteiger partial charge in [0.1, 0.15) is 5.82 Å². The summed E-state index contributed by atoms with van der Waals surface area (Å²) in [5.74, 6) is -3.32. The highest BCUT2D eigenvalue weighted by Gasteiger charge is 2.20. The lowest BCUT2D eigenvalue weighted by Crippen LogP contribution is -2.01. The molecule has 0 aliphatic rings. The molecule has 0 bridgehead atoms. The van der Waals surface area contributed by atoms with E-state index in [1.807, 2.05) is 0 Å². The lowest BCUT2D eigenvalue weighted by molar-refractivity contribution is 0.490. The molecule has 0 saturated heterocycles. The van der Waals surface area contributed by atoms with Gasteiger partial charge in [0, 0.05) is 21.1 Å². The zero-order valence-electron chi connectivity index (χ0n) is 9.23. The minimum absolute atomic E-state index is 0.150. The molecule has 0 aliphatic heterocycles. The SMILES string of the molecule is Fc1cc(F)c(C(Cl)c2cc(Cl)ccc2Br)cc1F. The highest BCUT2D eigenvalue weighted by Crippen LogP contribution is 2.37. The fraction of sp³-hybridized carbons (Fsp3) is 0.0769. The lowest BCUT2D eigenvalue weighted by atomic mass is 10.0. The van der Waals surface area contributed by atoms with E-state index < -0.39 is 22.8 Å². The molecule has 100 valence electrons. The Labute approximate surface area is 126 Å². The Bertz CT molecular complexity index is 632.